The highest BCUT2D eigenvalue weighted by molar-refractivity contribution is 5.46. The number of anilines is 2. The fraction of sp³-hybridized carbons (Fsp3) is 0.692. The number of rotatable bonds is 7. The Bertz CT molecular complexity index is 450. The van der Waals surface area contributed by atoms with E-state index in [-0.39, 0.29) is 17.8 Å². The Kier molecular flexibility index (Phi) is 6.19. The monoisotopic (exact) mass is 305 g/mol. The van der Waals surface area contributed by atoms with Crippen LogP contribution < -0.4 is 16.2 Å². The second kappa shape index (κ2) is 7.44. The summed E-state index contributed by atoms with van der Waals surface area (Å²) in [6.45, 7) is 6.62. The summed E-state index contributed by atoms with van der Waals surface area (Å²) in [6.07, 6.45) is -1.90. The molecule has 0 saturated heterocycles. The topological polar surface area (TPSA) is 67.1 Å². The van der Waals surface area contributed by atoms with Crippen LogP contribution in [0.3, 0.4) is 0 Å². The number of hydrogen-bond donors (Lipinski definition) is 2. The Balaban J connectivity index is 3.22. The summed E-state index contributed by atoms with van der Waals surface area (Å²) in [6, 6.07) is 1.06. The Morgan fingerprint density at radius 2 is 2.00 bits per heavy atom. The zero-order valence-corrected chi connectivity index (χ0v) is 12.5. The van der Waals surface area contributed by atoms with E-state index < -0.39 is 11.9 Å². The lowest BCUT2D eigenvalue weighted by Crippen LogP contribution is -2.35. The number of aromatic nitrogens is 2. The van der Waals surface area contributed by atoms with E-state index in [9.17, 15) is 13.2 Å². The molecule has 1 unspecified atom stereocenters. The first kappa shape index (κ1) is 17.5. The number of nitrogen functional groups attached to an aromatic ring is 1. The number of nitrogens with zero attached hydrogens (tertiary/aromatic N) is 3. The molecule has 120 valence electrons. The minimum Gasteiger partial charge on any atom is -0.354 e. The van der Waals surface area contributed by atoms with Crippen LogP contribution in [0.4, 0.5) is 24.9 Å². The summed E-state index contributed by atoms with van der Waals surface area (Å²) >= 11 is 0. The van der Waals surface area contributed by atoms with Crippen LogP contribution in [0.2, 0.25) is 0 Å². The number of alkyl halides is 3. The van der Waals surface area contributed by atoms with Crippen molar-refractivity contribution < 1.29 is 13.2 Å². The molecular weight excluding hydrogens is 283 g/mol. The highest BCUT2D eigenvalue weighted by Crippen LogP contribution is 2.31. The first-order chi connectivity index (χ1) is 9.83. The average Bonchev–Trinajstić information content (AvgIpc) is 2.46. The Morgan fingerprint density at radius 1 is 1.33 bits per heavy atom. The van der Waals surface area contributed by atoms with Crippen LogP contribution >= 0.6 is 0 Å². The minimum absolute atomic E-state index is 0.0816. The Hall–Kier alpha value is -1.57. The van der Waals surface area contributed by atoms with Crippen LogP contribution in [0.1, 0.15) is 45.7 Å². The second-order valence-corrected chi connectivity index (χ2v) is 4.88. The van der Waals surface area contributed by atoms with E-state index in [2.05, 4.69) is 15.4 Å². The smallest absolute Gasteiger partial charge is 0.354 e. The molecule has 0 radical (unpaired) electrons. The maximum Gasteiger partial charge on any atom is 0.433 e. The van der Waals surface area contributed by atoms with E-state index >= 15 is 0 Å². The number of halogens is 3. The molecule has 0 aliphatic rings. The molecule has 0 bridgehead atoms. The maximum absolute atomic E-state index is 12.9. The zero-order valence-electron chi connectivity index (χ0n) is 12.5. The lowest BCUT2D eigenvalue weighted by Gasteiger charge is -2.30. The van der Waals surface area contributed by atoms with Crippen molar-refractivity contribution >= 4 is 11.8 Å². The van der Waals surface area contributed by atoms with Crippen LogP contribution in [-0.2, 0) is 6.18 Å². The standard InChI is InChI=1S/C13H22F3N5/c1-4-6-7-21(9(3)5-2)11-8-10(13(14,15)16)18-12(19-11)20-17/h8-9H,4-7,17H2,1-3H3,(H,18,19,20). The number of nitrogens with two attached hydrogens (primary N) is 1. The van der Waals surface area contributed by atoms with Gasteiger partial charge < -0.3 is 4.90 Å². The fourth-order valence-corrected chi connectivity index (χ4v) is 1.90. The molecule has 1 aromatic rings. The molecule has 5 nitrogen and oxygen atoms in total. The zero-order chi connectivity index (χ0) is 16.0. The van der Waals surface area contributed by atoms with E-state index in [1.54, 1.807) is 0 Å². The quantitative estimate of drug-likeness (QED) is 0.598. The third kappa shape index (κ3) is 4.73. The van der Waals surface area contributed by atoms with Crippen molar-refractivity contribution in [3.8, 4) is 0 Å². The van der Waals surface area contributed by atoms with Gasteiger partial charge in [-0.15, -0.1) is 0 Å². The van der Waals surface area contributed by atoms with E-state index in [4.69, 9.17) is 5.84 Å². The molecule has 0 saturated carbocycles. The normalized spacial score (nSPS) is 13.1. The van der Waals surface area contributed by atoms with Gasteiger partial charge in [0.05, 0.1) is 0 Å². The average molecular weight is 305 g/mol. The first-order valence-electron chi connectivity index (χ1n) is 7.03. The summed E-state index contributed by atoms with van der Waals surface area (Å²) in [5, 5.41) is 0. The number of nitrogens with one attached hydrogen (secondary N) is 1. The van der Waals surface area contributed by atoms with Gasteiger partial charge in [-0.2, -0.15) is 18.2 Å². The molecule has 8 heteroatoms. The predicted molar refractivity (Wildman–Crippen MR) is 76.9 cm³/mol. The Labute approximate surface area is 122 Å². The third-order valence-corrected chi connectivity index (χ3v) is 3.30. The largest absolute Gasteiger partial charge is 0.433 e. The maximum atomic E-state index is 12.9. The van der Waals surface area contributed by atoms with Gasteiger partial charge in [-0.1, -0.05) is 20.3 Å². The van der Waals surface area contributed by atoms with Gasteiger partial charge in [0.25, 0.3) is 0 Å². The lowest BCUT2D eigenvalue weighted by molar-refractivity contribution is -0.141. The van der Waals surface area contributed by atoms with Crippen LogP contribution in [0, 0.1) is 0 Å². The summed E-state index contributed by atoms with van der Waals surface area (Å²) in [5.41, 5.74) is 1.10. The number of hydrazine groups is 1. The summed E-state index contributed by atoms with van der Waals surface area (Å²) in [4.78, 5) is 9.30. The van der Waals surface area contributed by atoms with Crippen molar-refractivity contribution in [2.75, 3.05) is 16.9 Å². The third-order valence-electron chi connectivity index (χ3n) is 3.30. The fourth-order valence-electron chi connectivity index (χ4n) is 1.90. The molecule has 1 rings (SSSR count). The van der Waals surface area contributed by atoms with Crippen molar-refractivity contribution in [1.82, 2.24) is 9.97 Å². The van der Waals surface area contributed by atoms with Gasteiger partial charge in [0.15, 0.2) is 5.69 Å². The van der Waals surface area contributed by atoms with Gasteiger partial charge in [-0.25, -0.2) is 10.8 Å². The highest BCUT2D eigenvalue weighted by Gasteiger charge is 2.34. The van der Waals surface area contributed by atoms with Gasteiger partial charge in [0.2, 0.25) is 5.95 Å². The molecular formula is C13H22F3N5. The van der Waals surface area contributed by atoms with Crippen LogP contribution in [0.15, 0.2) is 6.07 Å². The van der Waals surface area contributed by atoms with E-state index in [0.717, 1.165) is 25.3 Å². The van der Waals surface area contributed by atoms with Gasteiger partial charge in [-0.05, 0) is 19.8 Å². The van der Waals surface area contributed by atoms with Crippen molar-refractivity contribution in [1.29, 1.82) is 0 Å². The van der Waals surface area contributed by atoms with Crippen LogP contribution in [-0.4, -0.2) is 22.6 Å². The molecule has 0 fully saturated rings. The number of hydrogen-bond acceptors (Lipinski definition) is 5. The predicted octanol–water partition coefficient (Wildman–Crippen LogP) is 3.19. The van der Waals surface area contributed by atoms with Crippen LogP contribution in [0.25, 0.3) is 0 Å². The van der Waals surface area contributed by atoms with E-state index in [0.29, 0.717) is 6.54 Å². The molecule has 0 aromatic carbocycles. The van der Waals surface area contributed by atoms with Gasteiger partial charge in [0, 0.05) is 18.7 Å². The molecule has 1 atom stereocenters. The summed E-state index contributed by atoms with van der Waals surface area (Å²) < 4.78 is 38.7. The molecule has 21 heavy (non-hydrogen) atoms. The minimum atomic E-state index is -4.53. The lowest BCUT2D eigenvalue weighted by atomic mass is 10.2. The van der Waals surface area contributed by atoms with Crippen molar-refractivity contribution in [3.05, 3.63) is 11.8 Å². The molecule has 0 aliphatic heterocycles. The SMILES string of the molecule is CCCCN(c1cc(C(F)(F)F)nc(NN)n1)C(C)CC. The second-order valence-electron chi connectivity index (χ2n) is 4.88. The molecule has 0 aliphatic carbocycles. The molecule has 1 aromatic heterocycles. The van der Waals surface area contributed by atoms with Crippen LogP contribution in [0.5, 0.6) is 0 Å². The molecule has 0 spiro atoms. The molecule has 3 N–H and O–H groups in total. The van der Waals surface area contributed by atoms with Crippen molar-refractivity contribution in [2.45, 2.75) is 52.3 Å². The van der Waals surface area contributed by atoms with Gasteiger partial charge >= 0.3 is 6.18 Å². The van der Waals surface area contributed by atoms with Gasteiger partial charge in [-0.3, -0.25) is 5.43 Å². The van der Waals surface area contributed by atoms with E-state index in [1.807, 2.05) is 25.7 Å². The van der Waals surface area contributed by atoms with Gasteiger partial charge in [0.1, 0.15) is 5.82 Å². The number of unbranched alkanes of at least 4 members (excludes halogenated alkanes) is 1. The van der Waals surface area contributed by atoms with Crippen molar-refractivity contribution in [2.24, 2.45) is 5.84 Å². The summed E-state index contributed by atoms with van der Waals surface area (Å²) in [5.74, 6) is 5.19. The Morgan fingerprint density at radius 3 is 2.48 bits per heavy atom. The van der Waals surface area contributed by atoms with E-state index in [1.165, 1.54) is 0 Å². The summed E-state index contributed by atoms with van der Waals surface area (Å²) in [7, 11) is 0. The molecule has 0 amide bonds. The van der Waals surface area contributed by atoms with Crippen molar-refractivity contribution in [3.63, 3.8) is 0 Å². The first-order valence-corrected chi connectivity index (χ1v) is 7.03. The molecule has 1 heterocycles. The highest BCUT2D eigenvalue weighted by atomic mass is 19.4.